The van der Waals surface area contributed by atoms with Gasteiger partial charge in [0.25, 0.3) is 11.5 Å². The van der Waals surface area contributed by atoms with Gasteiger partial charge in [0.1, 0.15) is 5.56 Å². The summed E-state index contributed by atoms with van der Waals surface area (Å²) < 4.78 is 5.39. The van der Waals surface area contributed by atoms with Crippen LogP contribution in [0, 0.1) is 6.92 Å². The maximum atomic E-state index is 12.6. The molecule has 3 rings (SSSR count). The van der Waals surface area contributed by atoms with Crippen LogP contribution in [0.15, 0.2) is 47.3 Å². The molecule has 25 heavy (non-hydrogen) atoms. The van der Waals surface area contributed by atoms with Gasteiger partial charge in [0, 0.05) is 25.3 Å². The van der Waals surface area contributed by atoms with Gasteiger partial charge in [-0.05, 0) is 24.6 Å². The third-order valence-corrected chi connectivity index (χ3v) is 4.35. The van der Waals surface area contributed by atoms with Crippen LogP contribution in [-0.4, -0.2) is 48.6 Å². The Kier molecular flexibility index (Phi) is 5.63. The number of aromatic nitrogens is 1. The molecule has 6 nitrogen and oxygen atoms in total. The summed E-state index contributed by atoms with van der Waals surface area (Å²) in [6.45, 7) is 5.55. The highest BCUT2D eigenvalue weighted by molar-refractivity contribution is 5.94. The van der Waals surface area contributed by atoms with Crippen molar-refractivity contribution < 1.29 is 9.53 Å². The van der Waals surface area contributed by atoms with Crippen LogP contribution in [0.3, 0.4) is 0 Å². The summed E-state index contributed by atoms with van der Waals surface area (Å²) in [5, 5.41) is 3.02. The second-order valence-corrected chi connectivity index (χ2v) is 6.23. The first kappa shape index (κ1) is 17.4. The van der Waals surface area contributed by atoms with Crippen molar-refractivity contribution in [1.29, 1.82) is 0 Å². The maximum Gasteiger partial charge on any atom is 0.260 e. The van der Waals surface area contributed by atoms with Crippen molar-refractivity contribution in [1.82, 2.24) is 15.2 Å². The van der Waals surface area contributed by atoms with Crippen molar-refractivity contribution >= 4 is 5.91 Å². The number of hydrogen-bond donors (Lipinski definition) is 2. The number of amides is 1. The molecule has 1 aromatic heterocycles. The number of nitrogens with one attached hydrogen (secondary N) is 2. The summed E-state index contributed by atoms with van der Waals surface area (Å²) in [4.78, 5) is 29.6. The first-order valence-corrected chi connectivity index (χ1v) is 8.49. The van der Waals surface area contributed by atoms with E-state index in [9.17, 15) is 9.59 Å². The molecule has 1 aromatic carbocycles. The smallest absolute Gasteiger partial charge is 0.260 e. The van der Waals surface area contributed by atoms with Gasteiger partial charge < -0.3 is 15.0 Å². The molecule has 0 saturated carbocycles. The lowest BCUT2D eigenvalue weighted by atomic mass is 10.1. The van der Waals surface area contributed by atoms with E-state index in [4.69, 9.17) is 4.74 Å². The monoisotopic (exact) mass is 341 g/mol. The summed E-state index contributed by atoms with van der Waals surface area (Å²) in [6, 6.07) is 12.9. The van der Waals surface area contributed by atoms with Crippen LogP contribution in [0.1, 0.15) is 27.7 Å². The molecule has 0 unspecified atom stereocenters. The molecule has 0 radical (unpaired) electrons. The predicted molar refractivity (Wildman–Crippen MR) is 95.7 cm³/mol. The Morgan fingerprint density at radius 2 is 1.92 bits per heavy atom. The summed E-state index contributed by atoms with van der Waals surface area (Å²) in [5.74, 6) is -0.358. The fourth-order valence-electron chi connectivity index (χ4n) is 2.95. The molecule has 6 heteroatoms. The molecule has 132 valence electrons. The number of H-pyrrole nitrogens is 1. The maximum absolute atomic E-state index is 12.6. The average Bonchev–Trinajstić information content (AvgIpc) is 2.62. The number of benzene rings is 1. The van der Waals surface area contributed by atoms with Crippen LogP contribution in [0.25, 0.3) is 0 Å². The van der Waals surface area contributed by atoms with Gasteiger partial charge in [-0.25, -0.2) is 0 Å². The van der Waals surface area contributed by atoms with Gasteiger partial charge >= 0.3 is 0 Å². The molecular weight excluding hydrogens is 318 g/mol. The fraction of sp³-hybridized carbons (Fsp3) is 0.368. The van der Waals surface area contributed by atoms with Crippen molar-refractivity contribution in [2.75, 3.05) is 32.8 Å². The lowest BCUT2D eigenvalue weighted by Gasteiger charge is -2.31. The molecule has 0 bridgehead atoms. The third kappa shape index (κ3) is 4.55. The zero-order valence-electron chi connectivity index (χ0n) is 14.3. The summed E-state index contributed by atoms with van der Waals surface area (Å²) in [6.07, 6.45) is 0. The van der Waals surface area contributed by atoms with E-state index in [1.807, 2.05) is 30.3 Å². The third-order valence-electron chi connectivity index (χ3n) is 4.35. The number of hydrogen-bond acceptors (Lipinski definition) is 4. The number of rotatable bonds is 5. The molecule has 1 fully saturated rings. The van der Waals surface area contributed by atoms with Crippen molar-refractivity contribution in [3.8, 4) is 0 Å². The topological polar surface area (TPSA) is 74.4 Å². The van der Waals surface area contributed by atoms with E-state index in [0.29, 0.717) is 19.8 Å². The molecule has 1 aliphatic rings. The van der Waals surface area contributed by atoms with E-state index in [0.717, 1.165) is 24.3 Å². The van der Waals surface area contributed by atoms with Gasteiger partial charge in [-0.3, -0.25) is 14.5 Å². The van der Waals surface area contributed by atoms with Crippen LogP contribution < -0.4 is 10.9 Å². The lowest BCUT2D eigenvalue weighted by molar-refractivity contribution is 0.0332. The Balaban J connectivity index is 1.79. The van der Waals surface area contributed by atoms with Crippen molar-refractivity contribution in [3.63, 3.8) is 0 Å². The lowest BCUT2D eigenvalue weighted by Crippen LogP contribution is -2.43. The zero-order chi connectivity index (χ0) is 17.6. The number of carbonyl (C=O) groups excluding carboxylic acids is 1. The Bertz CT molecular complexity index is 767. The zero-order valence-corrected chi connectivity index (χ0v) is 14.3. The van der Waals surface area contributed by atoms with E-state index >= 15 is 0 Å². The molecule has 1 aliphatic heterocycles. The highest BCUT2D eigenvalue weighted by Crippen LogP contribution is 2.16. The number of carbonyl (C=O) groups is 1. The molecule has 2 aromatic rings. The molecular formula is C19H23N3O3. The Hall–Kier alpha value is -2.44. The van der Waals surface area contributed by atoms with Gasteiger partial charge in [-0.1, -0.05) is 30.3 Å². The van der Waals surface area contributed by atoms with E-state index < -0.39 is 0 Å². The SMILES string of the molecule is Cc1ccc(C(=O)N[C@@H](CN2CCOCC2)c2ccccc2)c(=O)[nH]1. The van der Waals surface area contributed by atoms with Gasteiger partial charge in [0.15, 0.2) is 0 Å². The Morgan fingerprint density at radius 1 is 1.20 bits per heavy atom. The first-order chi connectivity index (χ1) is 12.1. The number of aryl methyl sites for hydroxylation is 1. The highest BCUT2D eigenvalue weighted by Gasteiger charge is 2.21. The molecule has 0 spiro atoms. The van der Waals surface area contributed by atoms with Crippen LogP contribution in [-0.2, 0) is 4.74 Å². The van der Waals surface area contributed by atoms with E-state index in [1.54, 1.807) is 19.1 Å². The van der Waals surface area contributed by atoms with Crippen molar-refractivity contribution in [2.24, 2.45) is 0 Å². The fourth-order valence-corrected chi connectivity index (χ4v) is 2.95. The number of nitrogens with zero attached hydrogens (tertiary/aromatic N) is 1. The molecule has 1 amide bonds. The number of ether oxygens (including phenoxy) is 1. The molecule has 1 atom stereocenters. The summed E-state index contributed by atoms with van der Waals surface area (Å²) in [5.41, 5.74) is 1.52. The minimum atomic E-state index is -0.365. The molecule has 1 saturated heterocycles. The van der Waals surface area contributed by atoms with E-state index in [1.165, 1.54) is 0 Å². The number of morpholine rings is 1. The Labute approximate surface area is 146 Å². The van der Waals surface area contributed by atoms with Gasteiger partial charge in [0.05, 0.1) is 19.3 Å². The van der Waals surface area contributed by atoms with Crippen molar-refractivity contribution in [3.05, 3.63) is 69.6 Å². The molecule has 2 N–H and O–H groups in total. The first-order valence-electron chi connectivity index (χ1n) is 8.49. The Morgan fingerprint density at radius 3 is 2.60 bits per heavy atom. The van der Waals surface area contributed by atoms with Gasteiger partial charge in [-0.15, -0.1) is 0 Å². The number of aromatic amines is 1. The number of pyridine rings is 1. The van der Waals surface area contributed by atoms with E-state index in [-0.39, 0.29) is 23.1 Å². The second-order valence-electron chi connectivity index (χ2n) is 6.23. The van der Waals surface area contributed by atoms with Crippen LogP contribution in [0.4, 0.5) is 0 Å². The van der Waals surface area contributed by atoms with E-state index in [2.05, 4.69) is 15.2 Å². The molecule has 2 heterocycles. The quantitative estimate of drug-likeness (QED) is 0.864. The average molecular weight is 341 g/mol. The largest absolute Gasteiger partial charge is 0.379 e. The van der Waals surface area contributed by atoms with Gasteiger partial charge in [0.2, 0.25) is 0 Å². The van der Waals surface area contributed by atoms with Crippen molar-refractivity contribution in [2.45, 2.75) is 13.0 Å². The normalized spacial score (nSPS) is 16.4. The standard InChI is InChI=1S/C19H23N3O3/c1-14-7-8-16(18(23)20-14)19(24)21-17(15-5-3-2-4-6-15)13-22-9-11-25-12-10-22/h2-8,17H,9-13H2,1H3,(H,20,23)(H,21,24)/t17-/m0/s1. The predicted octanol–water partition coefficient (Wildman–Crippen LogP) is 1.49. The summed E-state index contributed by atoms with van der Waals surface area (Å²) >= 11 is 0. The van der Waals surface area contributed by atoms with Crippen LogP contribution in [0.2, 0.25) is 0 Å². The van der Waals surface area contributed by atoms with Gasteiger partial charge in [-0.2, -0.15) is 0 Å². The summed E-state index contributed by atoms with van der Waals surface area (Å²) in [7, 11) is 0. The van der Waals surface area contributed by atoms with Crippen LogP contribution in [0.5, 0.6) is 0 Å². The highest BCUT2D eigenvalue weighted by atomic mass is 16.5. The second kappa shape index (κ2) is 8.09. The minimum Gasteiger partial charge on any atom is -0.379 e. The van der Waals surface area contributed by atoms with Crippen LogP contribution >= 0.6 is 0 Å². The minimum absolute atomic E-state index is 0.133. The molecule has 0 aliphatic carbocycles.